The summed E-state index contributed by atoms with van der Waals surface area (Å²) >= 11 is 1.10. The van der Waals surface area contributed by atoms with Crippen molar-refractivity contribution in [3.8, 4) is 0 Å². The van der Waals surface area contributed by atoms with Crippen LogP contribution in [-0.2, 0) is 25.6 Å². The van der Waals surface area contributed by atoms with Crippen molar-refractivity contribution in [2.75, 3.05) is 19.5 Å². The first-order valence-corrected chi connectivity index (χ1v) is 9.61. The number of aromatic nitrogens is 1. The molecule has 1 N–H and O–H groups in total. The predicted molar refractivity (Wildman–Crippen MR) is 105 cm³/mol. The maximum atomic E-state index is 11.8. The minimum absolute atomic E-state index is 0.0188. The summed E-state index contributed by atoms with van der Waals surface area (Å²) in [5.74, 6) is -1.42. The number of nitrogens with zero attached hydrogens (tertiary/aromatic N) is 1. The summed E-state index contributed by atoms with van der Waals surface area (Å²) in [6, 6.07) is 13.9. The molecule has 3 rings (SSSR count). The van der Waals surface area contributed by atoms with E-state index in [0.29, 0.717) is 21.9 Å². The van der Waals surface area contributed by atoms with E-state index in [-0.39, 0.29) is 18.9 Å². The van der Waals surface area contributed by atoms with Gasteiger partial charge in [-0.05, 0) is 29.8 Å². The van der Waals surface area contributed by atoms with E-state index in [0.717, 1.165) is 17.3 Å². The Morgan fingerprint density at radius 1 is 1.10 bits per heavy atom. The highest BCUT2D eigenvalue weighted by Crippen LogP contribution is 2.23. The minimum Gasteiger partial charge on any atom is -0.465 e. The third-order valence-electron chi connectivity index (χ3n) is 3.82. The molecule has 9 heteroatoms. The van der Waals surface area contributed by atoms with Crippen molar-refractivity contribution < 1.29 is 28.3 Å². The maximum absolute atomic E-state index is 11.8. The fraction of sp³-hybridized carbons (Fsp3) is 0.200. The van der Waals surface area contributed by atoms with Crippen LogP contribution in [0.2, 0.25) is 0 Å². The third-order valence-corrected chi connectivity index (χ3v) is 4.62. The first-order chi connectivity index (χ1) is 14.0. The summed E-state index contributed by atoms with van der Waals surface area (Å²) in [5, 5.41) is 3.00. The normalized spacial score (nSPS) is 10.5. The van der Waals surface area contributed by atoms with Crippen molar-refractivity contribution in [1.29, 1.82) is 0 Å². The van der Waals surface area contributed by atoms with Gasteiger partial charge in [-0.3, -0.25) is 9.59 Å². The number of carbonyl (C=O) groups excluding carboxylic acids is 3. The van der Waals surface area contributed by atoms with Gasteiger partial charge in [0.2, 0.25) is 0 Å². The van der Waals surface area contributed by atoms with E-state index in [1.165, 1.54) is 7.11 Å². The van der Waals surface area contributed by atoms with Crippen LogP contribution < -0.4 is 5.32 Å². The van der Waals surface area contributed by atoms with Crippen LogP contribution in [0.3, 0.4) is 0 Å². The highest BCUT2D eigenvalue weighted by atomic mass is 32.2. The number of nitrogens with one attached hydrogen (secondary N) is 1. The van der Waals surface area contributed by atoms with Crippen molar-refractivity contribution in [3.63, 3.8) is 0 Å². The number of fused-ring (bicyclic) bond motifs is 1. The summed E-state index contributed by atoms with van der Waals surface area (Å²) in [6.45, 7) is -0.136. The number of hydrogen-bond acceptors (Lipinski definition) is 8. The van der Waals surface area contributed by atoms with E-state index in [9.17, 15) is 14.4 Å². The van der Waals surface area contributed by atoms with Crippen molar-refractivity contribution in [2.45, 2.75) is 11.8 Å². The lowest BCUT2D eigenvalue weighted by molar-refractivity contribution is -0.145. The third kappa shape index (κ3) is 5.82. The number of rotatable bonds is 8. The van der Waals surface area contributed by atoms with Crippen molar-refractivity contribution in [3.05, 3.63) is 59.7 Å². The fourth-order valence-electron chi connectivity index (χ4n) is 2.35. The van der Waals surface area contributed by atoms with E-state index < -0.39 is 17.8 Å². The molecule has 29 heavy (non-hydrogen) atoms. The molecular weight excluding hydrogens is 396 g/mol. The Hall–Kier alpha value is -3.33. The Labute approximate surface area is 170 Å². The molecule has 3 aromatic rings. The number of hydrogen-bond donors (Lipinski definition) is 1. The second-order valence-corrected chi connectivity index (χ2v) is 6.79. The van der Waals surface area contributed by atoms with E-state index in [4.69, 9.17) is 9.15 Å². The lowest BCUT2D eigenvalue weighted by Gasteiger charge is -2.07. The molecular formula is C20H18N2O6S. The van der Waals surface area contributed by atoms with Gasteiger partial charge in [0.05, 0.1) is 12.7 Å². The summed E-state index contributed by atoms with van der Waals surface area (Å²) in [5.41, 5.74) is 2.57. The highest BCUT2D eigenvalue weighted by molar-refractivity contribution is 7.99. The van der Waals surface area contributed by atoms with E-state index in [1.54, 1.807) is 30.3 Å². The summed E-state index contributed by atoms with van der Waals surface area (Å²) in [6.07, 6.45) is 0. The Morgan fingerprint density at radius 3 is 2.59 bits per heavy atom. The molecule has 0 unspecified atom stereocenters. The quantitative estimate of drug-likeness (QED) is 0.443. The molecule has 2 aromatic carbocycles. The summed E-state index contributed by atoms with van der Waals surface area (Å²) < 4.78 is 15.1. The molecule has 1 aromatic heterocycles. The van der Waals surface area contributed by atoms with Gasteiger partial charge in [-0.2, -0.15) is 0 Å². The van der Waals surface area contributed by atoms with E-state index in [2.05, 4.69) is 15.0 Å². The first-order valence-electron chi connectivity index (χ1n) is 8.63. The van der Waals surface area contributed by atoms with Gasteiger partial charge in [-0.25, -0.2) is 9.78 Å². The Morgan fingerprint density at radius 2 is 1.86 bits per heavy atom. The summed E-state index contributed by atoms with van der Waals surface area (Å²) in [4.78, 5) is 39.3. The molecule has 0 fully saturated rings. The molecule has 8 nitrogen and oxygen atoms in total. The van der Waals surface area contributed by atoms with Crippen molar-refractivity contribution >= 4 is 40.7 Å². The van der Waals surface area contributed by atoms with Crippen LogP contribution in [0.1, 0.15) is 15.9 Å². The molecule has 0 spiro atoms. The van der Waals surface area contributed by atoms with Crippen LogP contribution in [0.4, 0.5) is 0 Å². The van der Waals surface area contributed by atoms with Gasteiger partial charge < -0.3 is 19.2 Å². The molecule has 0 radical (unpaired) electrons. The number of para-hydroxylation sites is 2. The molecule has 0 aliphatic rings. The molecule has 0 aliphatic carbocycles. The predicted octanol–water partition coefficient (Wildman–Crippen LogP) is 2.57. The number of esters is 2. The molecule has 150 valence electrons. The van der Waals surface area contributed by atoms with Gasteiger partial charge in [0.15, 0.2) is 12.2 Å². The minimum atomic E-state index is -0.546. The maximum Gasteiger partial charge on any atom is 0.337 e. The number of thioether (sulfide) groups is 1. The number of oxazole rings is 1. The largest absolute Gasteiger partial charge is 0.465 e. The molecule has 0 atom stereocenters. The van der Waals surface area contributed by atoms with Crippen LogP contribution >= 0.6 is 11.8 Å². The topological polar surface area (TPSA) is 108 Å². The molecule has 0 bridgehead atoms. The Kier molecular flexibility index (Phi) is 6.85. The van der Waals surface area contributed by atoms with Crippen LogP contribution in [0.15, 0.2) is 58.2 Å². The smallest absolute Gasteiger partial charge is 0.337 e. The van der Waals surface area contributed by atoms with Crippen LogP contribution in [-0.4, -0.2) is 42.3 Å². The number of amides is 1. The van der Waals surface area contributed by atoms with Crippen LogP contribution in [0.25, 0.3) is 11.1 Å². The number of benzene rings is 2. The van der Waals surface area contributed by atoms with Crippen LogP contribution in [0, 0.1) is 0 Å². The standard InChI is InChI=1S/C20H18N2O6S/c1-26-19(25)14-8-6-13(7-9-14)10-21-17(23)11-27-18(24)12-29-20-22-15-4-2-3-5-16(15)28-20/h2-9H,10-12H2,1H3,(H,21,23). The van der Waals surface area contributed by atoms with Gasteiger partial charge in [0.25, 0.3) is 11.1 Å². The monoisotopic (exact) mass is 414 g/mol. The van der Waals surface area contributed by atoms with Crippen LogP contribution in [0.5, 0.6) is 0 Å². The number of ether oxygens (including phenoxy) is 2. The van der Waals surface area contributed by atoms with Gasteiger partial charge in [0.1, 0.15) is 11.3 Å². The molecule has 0 saturated carbocycles. The molecule has 1 amide bonds. The second kappa shape index (κ2) is 9.74. The van der Waals surface area contributed by atoms with E-state index >= 15 is 0 Å². The van der Waals surface area contributed by atoms with Crippen molar-refractivity contribution in [1.82, 2.24) is 10.3 Å². The number of carbonyl (C=O) groups is 3. The average molecular weight is 414 g/mol. The highest BCUT2D eigenvalue weighted by Gasteiger charge is 2.12. The van der Waals surface area contributed by atoms with Crippen molar-refractivity contribution in [2.24, 2.45) is 0 Å². The zero-order valence-electron chi connectivity index (χ0n) is 15.5. The Bertz CT molecular complexity index is 982. The zero-order chi connectivity index (χ0) is 20.6. The first kappa shape index (κ1) is 20.4. The number of methoxy groups -OCH3 is 1. The average Bonchev–Trinajstić information content (AvgIpc) is 3.17. The van der Waals surface area contributed by atoms with Gasteiger partial charge >= 0.3 is 11.9 Å². The fourth-order valence-corrected chi connectivity index (χ4v) is 2.99. The SMILES string of the molecule is COC(=O)c1ccc(CNC(=O)COC(=O)CSc2nc3ccccc3o2)cc1. The second-order valence-electron chi connectivity index (χ2n) is 5.86. The van der Waals surface area contributed by atoms with E-state index in [1.807, 2.05) is 18.2 Å². The lowest BCUT2D eigenvalue weighted by Crippen LogP contribution is -2.28. The zero-order valence-corrected chi connectivity index (χ0v) is 16.4. The summed E-state index contributed by atoms with van der Waals surface area (Å²) in [7, 11) is 1.31. The van der Waals surface area contributed by atoms with Gasteiger partial charge in [-0.15, -0.1) is 0 Å². The molecule has 0 aliphatic heterocycles. The van der Waals surface area contributed by atoms with Gasteiger partial charge in [-0.1, -0.05) is 36.0 Å². The lowest BCUT2D eigenvalue weighted by atomic mass is 10.1. The molecule has 1 heterocycles. The Balaban J connectivity index is 1.37. The van der Waals surface area contributed by atoms with Gasteiger partial charge in [0, 0.05) is 6.54 Å². The molecule has 0 saturated heterocycles.